The molecule has 1 aliphatic carbocycles. The maximum absolute atomic E-state index is 11.9. The molecule has 1 fully saturated rings. The van der Waals surface area contributed by atoms with Gasteiger partial charge in [0.05, 0.1) is 5.69 Å². The molecule has 3 heterocycles. The zero-order valence-electron chi connectivity index (χ0n) is 14.4. The maximum atomic E-state index is 11.9. The summed E-state index contributed by atoms with van der Waals surface area (Å²) in [6.45, 7) is 2.00. The monoisotopic (exact) mass is 345 g/mol. The number of rotatable bonds is 4. The average molecular weight is 345 g/mol. The van der Waals surface area contributed by atoms with Gasteiger partial charge in [0, 0.05) is 30.1 Å². The van der Waals surface area contributed by atoms with Gasteiger partial charge in [-0.25, -0.2) is 9.97 Å². The van der Waals surface area contributed by atoms with Gasteiger partial charge in [0.2, 0.25) is 5.91 Å². The van der Waals surface area contributed by atoms with Crippen LogP contribution in [0.5, 0.6) is 0 Å². The van der Waals surface area contributed by atoms with Crippen LogP contribution in [0.15, 0.2) is 48.9 Å². The lowest BCUT2D eigenvalue weighted by Gasteiger charge is -2.09. The summed E-state index contributed by atoms with van der Waals surface area (Å²) in [7, 11) is 0. The standard InChI is InChI=1S/C20H19N5O/c1-12-11-24-18(21)10-16(12)14-4-6-22-17(8-14)15-5-7-23-19(9-15)25-20(26)13-2-3-13/h4-11,13H,2-3H2,1H3,(H2,21,24)(H,23,25,26). The number of nitrogen functional groups attached to an aromatic ring is 1. The first kappa shape index (κ1) is 16.2. The number of hydrogen-bond acceptors (Lipinski definition) is 5. The number of aryl methyl sites for hydroxylation is 1. The Bertz CT molecular complexity index is 981. The normalized spacial score (nSPS) is 13.4. The highest BCUT2D eigenvalue weighted by Gasteiger charge is 2.29. The van der Waals surface area contributed by atoms with Gasteiger partial charge in [-0.05, 0) is 66.8 Å². The summed E-state index contributed by atoms with van der Waals surface area (Å²) in [5.74, 6) is 1.22. The van der Waals surface area contributed by atoms with Crippen LogP contribution < -0.4 is 11.1 Å². The van der Waals surface area contributed by atoms with Gasteiger partial charge in [0.15, 0.2) is 0 Å². The first-order valence-electron chi connectivity index (χ1n) is 8.56. The summed E-state index contributed by atoms with van der Waals surface area (Å²) in [6, 6.07) is 9.54. The van der Waals surface area contributed by atoms with Gasteiger partial charge in [-0.2, -0.15) is 0 Å². The Hall–Kier alpha value is -3.28. The van der Waals surface area contributed by atoms with Crippen molar-refractivity contribution in [1.82, 2.24) is 15.0 Å². The minimum atomic E-state index is 0.0410. The van der Waals surface area contributed by atoms with E-state index in [1.807, 2.05) is 37.3 Å². The summed E-state index contributed by atoms with van der Waals surface area (Å²) >= 11 is 0. The number of nitrogens with one attached hydrogen (secondary N) is 1. The largest absolute Gasteiger partial charge is 0.384 e. The number of pyridine rings is 3. The van der Waals surface area contributed by atoms with Gasteiger partial charge in [-0.15, -0.1) is 0 Å². The number of nitrogens with two attached hydrogens (primary N) is 1. The predicted octanol–water partition coefficient (Wildman–Crippen LogP) is 3.44. The molecular formula is C20H19N5O. The van der Waals surface area contributed by atoms with Crippen LogP contribution in [0.25, 0.3) is 22.4 Å². The van der Waals surface area contributed by atoms with Crippen molar-refractivity contribution in [2.24, 2.45) is 5.92 Å². The molecule has 1 aliphatic rings. The fourth-order valence-electron chi connectivity index (χ4n) is 2.84. The minimum Gasteiger partial charge on any atom is -0.384 e. The van der Waals surface area contributed by atoms with E-state index in [-0.39, 0.29) is 11.8 Å². The Morgan fingerprint density at radius 2 is 1.85 bits per heavy atom. The second-order valence-electron chi connectivity index (χ2n) is 6.55. The van der Waals surface area contributed by atoms with Crippen LogP contribution in [-0.2, 0) is 4.79 Å². The molecule has 130 valence electrons. The fourth-order valence-corrected chi connectivity index (χ4v) is 2.84. The summed E-state index contributed by atoms with van der Waals surface area (Å²) in [4.78, 5) is 24.8. The Morgan fingerprint density at radius 3 is 2.65 bits per heavy atom. The lowest BCUT2D eigenvalue weighted by Crippen LogP contribution is -2.14. The first-order valence-corrected chi connectivity index (χ1v) is 8.56. The van der Waals surface area contributed by atoms with Crippen molar-refractivity contribution >= 4 is 17.5 Å². The lowest BCUT2D eigenvalue weighted by molar-refractivity contribution is -0.117. The Kier molecular flexibility index (Phi) is 4.08. The summed E-state index contributed by atoms with van der Waals surface area (Å²) in [5, 5.41) is 2.87. The summed E-state index contributed by atoms with van der Waals surface area (Å²) in [5.41, 5.74) is 10.6. The third-order valence-corrected chi connectivity index (χ3v) is 4.45. The van der Waals surface area contributed by atoms with Crippen LogP contribution in [-0.4, -0.2) is 20.9 Å². The molecule has 3 aromatic heterocycles. The van der Waals surface area contributed by atoms with E-state index in [4.69, 9.17) is 5.73 Å². The quantitative estimate of drug-likeness (QED) is 0.755. The molecule has 0 unspecified atom stereocenters. The van der Waals surface area contributed by atoms with E-state index in [0.29, 0.717) is 11.6 Å². The van der Waals surface area contributed by atoms with E-state index < -0.39 is 0 Å². The molecule has 3 N–H and O–H groups in total. The second-order valence-corrected chi connectivity index (χ2v) is 6.55. The Balaban J connectivity index is 1.66. The molecule has 0 bridgehead atoms. The average Bonchev–Trinajstić information content (AvgIpc) is 3.49. The van der Waals surface area contributed by atoms with Crippen molar-refractivity contribution in [3.63, 3.8) is 0 Å². The van der Waals surface area contributed by atoms with Crippen molar-refractivity contribution in [2.75, 3.05) is 11.1 Å². The highest BCUT2D eigenvalue weighted by molar-refractivity contribution is 5.93. The van der Waals surface area contributed by atoms with Gasteiger partial charge in [0.25, 0.3) is 0 Å². The number of nitrogens with zero attached hydrogens (tertiary/aromatic N) is 3. The topological polar surface area (TPSA) is 93.8 Å². The van der Waals surface area contributed by atoms with Gasteiger partial charge < -0.3 is 11.1 Å². The highest BCUT2D eigenvalue weighted by Crippen LogP contribution is 2.31. The lowest BCUT2D eigenvalue weighted by atomic mass is 10.0. The van der Waals surface area contributed by atoms with Crippen LogP contribution in [0.2, 0.25) is 0 Å². The first-order chi connectivity index (χ1) is 12.6. The molecule has 1 amide bonds. The van der Waals surface area contributed by atoms with Gasteiger partial charge in [-0.1, -0.05) is 0 Å². The second kappa shape index (κ2) is 6.55. The molecule has 0 aromatic carbocycles. The number of carbonyl (C=O) groups excluding carboxylic acids is 1. The minimum absolute atomic E-state index is 0.0410. The molecule has 0 atom stereocenters. The zero-order chi connectivity index (χ0) is 18.1. The number of hydrogen-bond donors (Lipinski definition) is 2. The van der Waals surface area contributed by atoms with Crippen molar-refractivity contribution in [3.05, 3.63) is 54.5 Å². The van der Waals surface area contributed by atoms with E-state index in [0.717, 1.165) is 40.8 Å². The van der Waals surface area contributed by atoms with E-state index in [2.05, 4.69) is 20.3 Å². The molecule has 1 saturated carbocycles. The zero-order valence-corrected chi connectivity index (χ0v) is 14.4. The number of anilines is 2. The van der Waals surface area contributed by atoms with Crippen LogP contribution in [0.3, 0.4) is 0 Å². The van der Waals surface area contributed by atoms with E-state index in [9.17, 15) is 4.79 Å². The van der Waals surface area contributed by atoms with Crippen molar-refractivity contribution in [2.45, 2.75) is 19.8 Å². The van der Waals surface area contributed by atoms with Crippen LogP contribution in [0.1, 0.15) is 18.4 Å². The summed E-state index contributed by atoms with van der Waals surface area (Å²) in [6.07, 6.45) is 7.14. The van der Waals surface area contributed by atoms with Crippen molar-refractivity contribution < 1.29 is 4.79 Å². The molecule has 4 rings (SSSR count). The fraction of sp³-hybridized carbons (Fsp3) is 0.200. The van der Waals surface area contributed by atoms with Crippen LogP contribution >= 0.6 is 0 Å². The van der Waals surface area contributed by atoms with E-state index >= 15 is 0 Å². The number of amides is 1. The molecule has 0 saturated heterocycles. The van der Waals surface area contributed by atoms with E-state index in [1.165, 1.54) is 0 Å². The summed E-state index contributed by atoms with van der Waals surface area (Å²) < 4.78 is 0. The van der Waals surface area contributed by atoms with Gasteiger partial charge in [0.1, 0.15) is 11.6 Å². The smallest absolute Gasteiger partial charge is 0.228 e. The SMILES string of the molecule is Cc1cnc(N)cc1-c1ccnc(-c2ccnc(NC(=O)C3CC3)c2)c1. The van der Waals surface area contributed by atoms with Crippen LogP contribution in [0, 0.1) is 12.8 Å². The number of aromatic nitrogens is 3. The predicted molar refractivity (Wildman–Crippen MR) is 101 cm³/mol. The molecule has 6 heteroatoms. The highest BCUT2D eigenvalue weighted by atomic mass is 16.2. The van der Waals surface area contributed by atoms with Crippen LogP contribution in [0.4, 0.5) is 11.6 Å². The Morgan fingerprint density at radius 1 is 1.08 bits per heavy atom. The van der Waals surface area contributed by atoms with Gasteiger partial charge in [-0.3, -0.25) is 9.78 Å². The Labute approximate surface area is 151 Å². The third-order valence-electron chi connectivity index (χ3n) is 4.45. The molecule has 6 nitrogen and oxygen atoms in total. The molecule has 0 spiro atoms. The van der Waals surface area contributed by atoms with E-state index in [1.54, 1.807) is 18.6 Å². The number of carbonyl (C=O) groups is 1. The van der Waals surface area contributed by atoms with Crippen molar-refractivity contribution in [1.29, 1.82) is 0 Å². The van der Waals surface area contributed by atoms with Gasteiger partial charge >= 0.3 is 0 Å². The molecule has 3 aromatic rings. The maximum Gasteiger partial charge on any atom is 0.228 e. The molecule has 0 aliphatic heterocycles. The molecular weight excluding hydrogens is 326 g/mol. The molecule has 0 radical (unpaired) electrons. The van der Waals surface area contributed by atoms with Crippen molar-refractivity contribution in [3.8, 4) is 22.4 Å². The molecule has 26 heavy (non-hydrogen) atoms. The third kappa shape index (κ3) is 3.39.